The van der Waals surface area contributed by atoms with E-state index in [9.17, 15) is 14.4 Å². The van der Waals surface area contributed by atoms with Crippen LogP contribution >= 0.6 is 11.6 Å². The third-order valence-electron chi connectivity index (χ3n) is 5.59. The number of ether oxygens (including phenoxy) is 1. The molecular weight excluding hydrogens is 466 g/mol. The average Bonchev–Trinajstić information content (AvgIpc) is 3.09. The molecule has 0 bridgehead atoms. The van der Waals surface area contributed by atoms with E-state index in [1.807, 2.05) is 13.0 Å². The lowest BCUT2D eigenvalue weighted by Crippen LogP contribution is -2.37. The predicted molar refractivity (Wildman–Crippen MR) is 136 cm³/mol. The highest BCUT2D eigenvalue weighted by atomic mass is 35.5. The molecule has 4 rings (SSSR count). The molecular formula is C27H26ClN3O4. The van der Waals surface area contributed by atoms with Crippen molar-refractivity contribution in [2.45, 2.75) is 32.4 Å². The second-order valence-electron chi connectivity index (χ2n) is 8.19. The molecule has 0 unspecified atom stereocenters. The van der Waals surface area contributed by atoms with E-state index < -0.39 is 18.0 Å². The van der Waals surface area contributed by atoms with Gasteiger partial charge in [-0.15, -0.1) is 0 Å². The summed E-state index contributed by atoms with van der Waals surface area (Å²) in [4.78, 5) is 42.1. The number of imide groups is 1. The first-order valence-corrected chi connectivity index (χ1v) is 11.8. The lowest BCUT2D eigenvalue weighted by molar-refractivity contribution is -0.124. The van der Waals surface area contributed by atoms with Crippen LogP contribution < -0.4 is 15.0 Å². The molecule has 4 amide bonds. The molecule has 3 aromatic carbocycles. The lowest BCUT2D eigenvalue weighted by Gasteiger charge is -2.21. The number of hydrogen-bond acceptors (Lipinski definition) is 4. The molecule has 7 nitrogen and oxygen atoms in total. The Bertz CT molecular complexity index is 1180. The number of anilines is 2. The molecule has 1 N–H and O–H groups in total. The Kier molecular flexibility index (Phi) is 7.67. The number of benzene rings is 3. The number of para-hydroxylation sites is 1. The topological polar surface area (TPSA) is 79.0 Å². The second-order valence-corrected chi connectivity index (χ2v) is 8.62. The maximum atomic E-state index is 13.3. The Hall–Kier alpha value is -3.84. The molecule has 1 heterocycles. The molecule has 0 radical (unpaired) electrons. The quantitative estimate of drug-likeness (QED) is 0.401. The summed E-state index contributed by atoms with van der Waals surface area (Å²) in [6.45, 7) is 2.82. The van der Waals surface area contributed by atoms with Crippen LogP contribution in [0.15, 0.2) is 78.9 Å². The molecule has 180 valence electrons. The van der Waals surface area contributed by atoms with Crippen LogP contribution in [-0.4, -0.2) is 35.4 Å². The van der Waals surface area contributed by atoms with Crippen LogP contribution in [0.1, 0.15) is 25.3 Å². The molecule has 35 heavy (non-hydrogen) atoms. The van der Waals surface area contributed by atoms with Crippen LogP contribution in [0.5, 0.6) is 5.75 Å². The lowest BCUT2D eigenvalue weighted by atomic mass is 10.1. The van der Waals surface area contributed by atoms with Crippen LogP contribution in [0.3, 0.4) is 0 Å². The van der Waals surface area contributed by atoms with Gasteiger partial charge in [0, 0.05) is 17.3 Å². The van der Waals surface area contributed by atoms with Crippen LogP contribution in [0.25, 0.3) is 0 Å². The van der Waals surface area contributed by atoms with Crippen molar-refractivity contribution in [3.8, 4) is 5.75 Å². The smallest absolute Gasteiger partial charge is 0.332 e. The third-order valence-corrected chi connectivity index (χ3v) is 5.84. The zero-order valence-electron chi connectivity index (χ0n) is 19.3. The Balaban J connectivity index is 1.52. The number of carbonyl (C=O) groups excluding carboxylic acids is 3. The van der Waals surface area contributed by atoms with Crippen molar-refractivity contribution >= 4 is 40.8 Å². The third kappa shape index (κ3) is 5.81. The number of rotatable bonds is 9. The van der Waals surface area contributed by atoms with Crippen molar-refractivity contribution in [3.63, 3.8) is 0 Å². The number of hydrogen-bond donors (Lipinski definition) is 1. The van der Waals surface area contributed by atoms with E-state index in [-0.39, 0.29) is 18.9 Å². The van der Waals surface area contributed by atoms with E-state index in [0.29, 0.717) is 28.8 Å². The van der Waals surface area contributed by atoms with E-state index in [1.165, 1.54) is 4.90 Å². The number of halogens is 1. The Morgan fingerprint density at radius 2 is 1.66 bits per heavy atom. The molecule has 1 aliphatic rings. The van der Waals surface area contributed by atoms with Gasteiger partial charge in [0.15, 0.2) is 0 Å². The highest BCUT2D eigenvalue weighted by Gasteiger charge is 2.46. The Labute approximate surface area is 209 Å². The van der Waals surface area contributed by atoms with Crippen molar-refractivity contribution in [2.75, 3.05) is 16.8 Å². The molecule has 0 aliphatic carbocycles. The molecule has 1 fully saturated rings. The maximum Gasteiger partial charge on any atom is 0.332 e. The summed E-state index contributed by atoms with van der Waals surface area (Å²) >= 11 is 5.99. The number of urea groups is 1. The first kappa shape index (κ1) is 24.3. The molecule has 8 heteroatoms. The van der Waals surface area contributed by atoms with Crippen LogP contribution in [0.4, 0.5) is 16.2 Å². The first-order valence-electron chi connectivity index (χ1n) is 11.4. The fourth-order valence-electron chi connectivity index (χ4n) is 3.86. The average molecular weight is 492 g/mol. The van der Waals surface area contributed by atoms with Gasteiger partial charge in [-0.25, -0.2) is 9.69 Å². The molecule has 1 saturated heterocycles. The summed E-state index contributed by atoms with van der Waals surface area (Å²) in [5.41, 5.74) is 1.85. The van der Waals surface area contributed by atoms with Gasteiger partial charge in [-0.05, 0) is 60.5 Å². The molecule has 0 spiro atoms. The van der Waals surface area contributed by atoms with Crippen molar-refractivity contribution in [1.82, 2.24) is 4.90 Å². The van der Waals surface area contributed by atoms with E-state index in [4.69, 9.17) is 16.3 Å². The van der Waals surface area contributed by atoms with Gasteiger partial charge >= 0.3 is 6.03 Å². The summed E-state index contributed by atoms with van der Waals surface area (Å²) in [7, 11) is 0. The summed E-state index contributed by atoms with van der Waals surface area (Å²) in [6.07, 6.45) is 0.731. The maximum absolute atomic E-state index is 13.3. The standard InChI is InChI=1S/C27H26ClN3O4/c1-2-16-35-23-14-12-21(13-15-23)29-25(32)17-24-26(33)31(22-6-4-3-5-7-22)27(34)30(24)18-19-8-10-20(28)11-9-19/h3-15,24H,2,16-18H2,1H3,(H,29,32)/t24-/m0/s1. The van der Waals surface area contributed by atoms with E-state index in [2.05, 4.69) is 5.32 Å². The number of carbonyl (C=O) groups is 3. The van der Waals surface area contributed by atoms with Crippen molar-refractivity contribution < 1.29 is 19.1 Å². The van der Waals surface area contributed by atoms with Crippen molar-refractivity contribution in [3.05, 3.63) is 89.4 Å². The minimum atomic E-state index is -0.939. The zero-order chi connectivity index (χ0) is 24.8. The number of amides is 4. The van der Waals surface area contributed by atoms with Gasteiger partial charge in [-0.1, -0.05) is 48.9 Å². The summed E-state index contributed by atoms with van der Waals surface area (Å²) in [6, 6.07) is 21.4. The largest absolute Gasteiger partial charge is 0.494 e. The second kappa shape index (κ2) is 11.1. The van der Waals surface area contributed by atoms with Gasteiger partial charge in [0.25, 0.3) is 5.91 Å². The van der Waals surface area contributed by atoms with Gasteiger partial charge in [0.2, 0.25) is 5.91 Å². The zero-order valence-corrected chi connectivity index (χ0v) is 20.1. The summed E-state index contributed by atoms with van der Waals surface area (Å²) < 4.78 is 5.57. The number of nitrogens with one attached hydrogen (secondary N) is 1. The Morgan fingerprint density at radius 1 is 0.971 bits per heavy atom. The molecule has 0 saturated carbocycles. The molecule has 0 aromatic heterocycles. The SMILES string of the molecule is CCCOc1ccc(NC(=O)C[C@H]2C(=O)N(c3ccccc3)C(=O)N2Cc2ccc(Cl)cc2)cc1. The van der Waals surface area contributed by atoms with Gasteiger partial charge in [0.05, 0.1) is 18.7 Å². The van der Waals surface area contributed by atoms with Gasteiger partial charge in [0.1, 0.15) is 11.8 Å². The first-order chi connectivity index (χ1) is 17.0. The Morgan fingerprint density at radius 3 is 2.31 bits per heavy atom. The van der Waals surface area contributed by atoms with Crippen LogP contribution in [0.2, 0.25) is 5.02 Å². The minimum Gasteiger partial charge on any atom is -0.494 e. The minimum absolute atomic E-state index is 0.171. The van der Waals surface area contributed by atoms with Gasteiger partial charge < -0.3 is 15.0 Å². The summed E-state index contributed by atoms with van der Waals surface area (Å²) in [5.74, 6) is -0.0860. The van der Waals surface area contributed by atoms with E-state index in [0.717, 1.165) is 16.9 Å². The van der Waals surface area contributed by atoms with Gasteiger partial charge in [-0.3, -0.25) is 9.59 Å². The van der Waals surface area contributed by atoms with E-state index in [1.54, 1.807) is 72.8 Å². The van der Waals surface area contributed by atoms with Crippen LogP contribution in [0, 0.1) is 0 Å². The van der Waals surface area contributed by atoms with Crippen LogP contribution in [-0.2, 0) is 16.1 Å². The highest BCUT2D eigenvalue weighted by Crippen LogP contribution is 2.29. The molecule has 1 atom stereocenters. The van der Waals surface area contributed by atoms with E-state index >= 15 is 0 Å². The van der Waals surface area contributed by atoms with Crippen molar-refractivity contribution in [2.24, 2.45) is 0 Å². The van der Waals surface area contributed by atoms with Gasteiger partial charge in [-0.2, -0.15) is 0 Å². The monoisotopic (exact) mass is 491 g/mol. The summed E-state index contributed by atoms with van der Waals surface area (Å²) in [5, 5.41) is 3.39. The normalized spacial score (nSPS) is 15.4. The highest BCUT2D eigenvalue weighted by molar-refractivity contribution is 6.30. The number of nitrogens with zero attached hydrogens (tertiary/aromatic N) is 2. The molecule has 3 aromatic rings. The fraction of sp³-hybridized carbons (Fsp3) is 0.222. The van der Waals surface area contributed by atoms with Crippen molar-refractivity contribution in [1.29, 1.82) is 0 Å². The fourth-order valence-corrected chi connectivity index (χ4v) is 3.98. The molecule has 1 aliphatic heterocycles. The predicted octanol–water partition coefficient (Wildman–Crippen LogP) is 5.50.